The lowest BCUT2D eigenvalue weighted by Gasteiger charge is -2.22. The van der Waals surface area contributed by atoms with E-state index >= 15 is 0 Å². The number of hydrogen-bond acceptors (Lipinski definition) is 4. The Bertz CT molecular complexity index is 755. The van der Waals surface area contributed by atoms with Crippen molar-refractivity contribution in [3.05, 3.63) is 60.7 Å². The molecule has 5 nitrogen and oxygen atoms in total. The molecule has 1 saturated heterocycles. The van der Waals surface area contributed by atoms with Crippen molar-refractivity contribution in [2.24, 2.45) is 0 Å². The monoisotopic (exact) mass is 322 g/mol. The number of anilines is 1. The zero-order chi connectivity index (χ0) is 16.2. The molecule has 24 heavy (non-hydrogen) atoms. The first kappa shape index (κ1) is 15.0. The Hall–Kier alpha value is -2.53. The summed E-state index contributed by atoms with van der Waals surface area (Å²) in [5, 5.41) is 11.5. The minimum absolute atomic E-state index is 0.522. The molecule has 0 radical (unpaired) electrons. The van der Waals surface area contributed by atoms with Crippen LogP contribution in [0.3, 0.4) is 0 Å². The fourth-order valence-electron chi connectivity index (χ4n) is 3.13. The molecule has 0 saturated carbocycles. The highest BCUT2D eigenvalue weighted by Gasteiger charge is 2.15. The second kappa shape index (κ2) is 6.93. The summed E-state index contributed by atoms with van der Waals surface area (Å²) in [7, 11) is 0. The minimum atomic E-state index is 0.522. The Morgan fingerprint density at radius 3 is 2.71 bits per heavy atom. The SMILES string of the molecule is c1coc(CNc2ccc(-c3ccn(C4CCNCC4)n3)cc2)c1. The van der Waals surface area contributed by atoms with Crippen LogP contribution in [-0.2, 0) is 6.54 Å². The van der Waals surface area contributed by atoms with E-state index in [1.54, 1.807) is 6.26 Å². The molecule has 3 heterocycles. The van der Waals surface area contributed by atoms with E-state index in [1.165, 1.54) is 0 Å². The summed E-state index contributed by atoms with van der Waals surface area (Å²) in [6, 6.07) is 14.9. The van der Waals surface area contributed by atoms with E-state index in [2.05, 4.69) is 51.8 Å². The summed E-state index contributed by atoms with van der Waals surface area (Å²) < 4.78 is 7.45. The summed E-state index contributed by atoms with van der Waals surface area (Å²) in [4.78, 5) is 0. The number of nitrogens with zero attached hydrogens (tertiary/aromatic N) is 2. The lowest BCUT2D eigenvalue weighted by Crippen LogP contribution is -2.29. The number of furan rings is 1. The maximum Gasteiger partial charge on any atom is 0.122 e. The van der Waals surface area contributed by atoms with E-state index < -0.39 is 0 Å². The molecule has 1 aliphatic rings. The van der Waals surface area contributed by atoms with Crippen molar-refractivity contribution in [2.75, 3.05) is 18.4 Å². The zero-order valence-corrected chi connectivity index (χ0v) is 13.6. The number of nitrogens with one attached hydrogen (secondary N) is 2. The van der Waals surface area contributed by atoms with Crippen LogP contribution in [0.5, 0.6) is 0 Å². The second-order valence-electron chi connectivity index (χ2n) is 6.17. The highest BCUT2D eigenvalue weighted by Crippen LogP contribution is 2.23. The van der Waals surface area contributed by atoms with Crippen LogP contribution in [0.2, 0.25) is 0 Å². The van der Waals surface area contributed by atoms with E-state index in [9.17, 15) is 0 Å². The van der Waals surface area contributed by atoms with Crippen LogP contribution in [0.25, 0.3) is 11.3 Å². The van der Waals surface area contributed by atoms with Crippen LogP contribution in [0.4, 0.5) is 5.69 Å². The minimum Gasteiger partial charge on any atom is -0.467 e. The number of piperidine rings is 1. The van der Waals surface area contributed by atoms with Gasteiger partial charge in [-0.05, 0) is 56.3 Å². The summed E-state index contributed by atoms with van der Waals surface area (Å²) >= 11 is 0. The maximum atomic E-state index is 5.33. The van der Waals surface area contributed by atoms with E-state index in [-0.39, 0.29) is 0 Å². The van der Waals surface area contributed by atoms with Crippen molar-refractivity contribution in [3.63, 3.8) is 0 Å². The van der Waals surface area contributed by atoms with Gasteiger partial charge in [0, 0.05) is 17.4 Å². The van der Waals surface area contributed by atoms with E-state index in [0.717, 1.165) is 48.6 Å². The summed E-state index contributed by atoms with van der Waals surface area (Å²) in [6.07, 6.45) is 6.10. The first-order valence-corrected chi connectivity index (χ1v) is 8.51. The number of benzene rings is 1. The van der Waals surface area contributed by atoms with Gasteiger partial charge < -0.3 is 15.1 Å². The molecule has 1 aromatic carbocycles. The molecule has 4 rings (SSSR count). The Morgan fingerprint density at radius 2 is 1.96 bits per heavy atom. The van der Waals surface area contributed by atoms with Crippen molar-refractivity contribution in [1.82, 2.24) is 15.1 Å². The molecule has 2 N–H and O–H groups in total. The van der Waals surface area contributed by atoms with Crippen LogP contribution in [0.1, 0.15) is 24.6 Å². The molecule has 0 aliphatic carbocycles. The molecule has 1 fully saturated rings. The lowest BCUT2D eigenvalue weighted by molar-refractivity contribution is 0.343. The molecule has 2 aromatic heterocycles. The molecule has 0 bridgehead atoms. The Morgan fingerprint density at radius 1 is 1.12 bits per heavy atom. The second-order valence-corrected chi connectivity index (χ2v) is 6.17. The third kappa shape index (κ3) is 3.36. The van der Waals surface area contributed by atoms with Gasteiger partial charge >= 0.3 is 0 Å². The fourth-order valence-corrected chi connectivity index (χ4v) is 3.13. The molecule has 0 spiro atoms. The molecule has 1 aliphatic heterocycles. The first-order valence-electron chi connectivity index (χ1n) is 8.51. The fraction of sp³-hybridized carbons (Fsp3) is 0.316. The predicted octanol–water partition coefficient (Wildman–Crippen LogP) is 3.68. The van der Waals surface area contributed by atoms with Gasteiger partial charge in [-0.2, -0.15) is 5.10 Å². The van der Waals surface area contributed by atoms with Crippen molar-refractivity contribution >= 4 is 5.69 Å². The van der Waals surface area contributed by atoms with Gasteiger partial charge in [-0.1, -0.05) is 12.1 Å². The molecule has 0 atom stereocenters. The first-order chi connectivity index (χ1) is 11.9. The quantitative estimate of drug-likeness (QED) is 0.752. The smallest absolute Gasteiger partial charge is 0.122 e. The van der Waals surface area contributed by atoms with Crippen molar-refractivity contribution in [1.29, 1.82) is 0 Å². The van der Waals surface area contributed by atoms with E-state index in [0.29, 0.717) is 12.6 Å². The molecular weight excluding hydrogens is 300 g/mol. The van der Waals surface area contributed by atoms with Gasteiger partial charge in [-0.3, -0.25) is 4.68 Å². The standard InChI is InChI=1S/C19H22N4O/c1-2-18(24-13-1)14-21-16-5-3-15(4-6-16)19-9-12-23(22-19)17-7-10-20-11-8-17/h1-6,9,12-13,17,20-21H,7-8,10-11,14H2. The predicted molar refractivity (Wildman–Crippen MR) is 94.8 cm³/mol. The largest absolute Gasteiger partial charge is 0.467 e. The molecule has 0 unspecified atom stereocenters. The van der Waals surface area contributed by atoms with Crippen molar-refractivity contribution < 1.29 is 4.42 Å². The number of hydrogen-bond donors (Lipinski definition) is 2. The van der Waals surface area contributed by atoms with Gasteiger partial charge in [0.05, 0.1) is 24.5 Å². The average molecular weight is 322 g/mol. The van der Waals surface area contributed by atoms with Gasteiger partial charge in [0.1, 0.15) is 5.76 Å². The molecule has 0 amide bonds. The Labute approximate surface area is 141 Å². The zero-order valence-electron chi connectivity index (χ0n) is 13.6. The van der Waals surface area contributed by atoms with Crippen LogP contribution >= 0.6 is 0 Å². The summed E-state index contributed by atoms with van der Waals surface area (Å²) in [5.41, 5.74) is 3.25. The van der Waals surface area contributed by atoms with Crippen LogP contribution in [-0.4, -0.2) is 22.9 Å². The Balaban J connectivity index is 1.42. The molecule has 5 heteroatoms. The van der Waals surface area contributed by atoms with Gasteiger partial charge in [0.25, 0.3) is 0 Å². The molecule has 124 valence electrons. The number of aromatic nitrogens is 2. The summed E-state index contributed by atoms with van der Waals surface area (Å²) in [5.74, 6) is 0.930. The van der Waals surface area contributed by atoms with Crippen LogP contribution in [0, 0.1) is 0 Å². The third-order valence-electron chi connectivity index (χ3n) is 4.52. The summed E-state index contributed by atoms with van der Waals surface area (Å²) in [6.45, 7) is 2.85. The maximum absolute atomic E-state index is 5.33. The van der Waals surface area contributed by atoms with Gasteiger partial charge in [-0.15, -0.1) is 0 Å². The highest BCUT2D eigenvalue weighted by atomic mass is 16.3. The van der Waals surface area contributed by atoms with Crippen LogP contribution < -0.4 is 10.6 Å². The van der Waals surface area contributed by atoms with E-state index in [1.807, 2.05) is 12.1 Å². The normalized spacial score (nSPS) is 15.5. The van der Waals surface area contributed by atoms with Crippen molar-refractivity contribution in [2.45, 2.75) is 25.4 Å². The Kier molecular flexibility index (Phi) is 4.34. The van der Waals surface area contributed by atoms with E-state index in [4.69, 9.17) is 9.52 Å². The topological polar surface area (TPSA) is 55.0 Å². The molecule has 3 aromatic rings. The average Bonchev–Trinajstić information content (AvgIpc) is 3.33. The molecular formula is C19H22N4O. The van der Waals surface area contributed by atoms with Gasteiger partial charge in [-0.25, -0.2) is 0 Å². The van der Waals surface area contributed by atoms with Gasteiger partial charge in [0.2, 0.25) is 0 Å². The third-order valence-corrected chi connectivity index (χ3v) is 4.52. The van der Waals surface area contributed by atoms with Crippen molar-refractivity contribution in [3.8, 4) is 11.3 Å². The highest BCUT2D eigenvalue weighted by molar-refractivity contribution is 5.62. The van der Waals surface area contributed by atoms with Gasteiger partial charge in [0.15, 0.2) is 0 Å². The lowest BCUT2D eigenvalue weighted by atomic mass is 10.1. The van der Waals surface area contributed by atoms with Crippen LogP contribution in [0.15, 0.2) is 59.3 Å². The number of rotatable bonds is 5.